The second-order valence-electron chi connectivity index (χ2n) is 5.77. The Morgan fingerprint density at radius 3 is 2.67 bits per heavy atom. The standard InChI is InChI=1S/C15H21N3O2.ClH/c1-20-15(10-5-6-18-13(7-10)14(16)19)11-3-2-4-12(15)9-17-8-11;/h5-7,11-12,17H,2-4,8-9H2,1H3,(H2,16,19);1H/t11-,12+,15+;. The van der Waals surface area contributed by atoms with Gasteiger partial charge in [-0.05, 0) is 30.5 Å². The summed E-state index contributed by atoms with van der Waals surface area (Å²) in [4.78, 5) is 15.4. The number of fused-ring (bicyclic) bond motifs is 2. The van der Waals surface area contributed by atoms with Crippen LogP contribution in [0.1, 0.15) is 35.3 Å². The summed E-state index contributed by atoms with van der Waals surface area (Å²) < 4.78 is 6.05. The van der Waals surface area contributed by atoms with E-state index in [-0.39, 0.29) is 18.0 Å². The first-order valence-corrected chi connectivity index (χ1v) is 7.20. The lowest BCUT2D eigenvalue weighted by molar-refractivity contribution is -0.144. The van der Waals surface area contributed by atoms with Crippen LogP contribution in [0.2, 0.25) is 0 Å². The van der Waals surface area contributed by atoms with Gasteiger partial charge in [0.05, 0.1) is 0 Å². The normalized spacial score (nSPS) is 31.3. The van der Waals surface area contributed by atoms with E-state index in [1.807, 2.05) is 12.1 Å². The van der Waals surface area contributed by atoms with Crippen LogP contribution in [-0.4, -0.2) is 31.1 Å². The molecule has 1 saturated carbocycles. The van der Waals surface area contributed by atoms with E-state index in [1.54, 1.807) is 13.3 Å². The van der Waals surface area contributed by atoms with Gasteiger partial charge in [0.2, 0.25) is 0 Å². The number of nitrogens with two attached hydrogens (primary N) is 1. The number of carbonyl (C=O) groups excluding carboxylic acids is 1. The van der Waals surface area contributed by atoms with Crippen molar-refractivity contribution in [3.05, 3.63) is 29.6 Å². The summed E-state index contributed by atoms with van der Waals surface area (Å²) in [6, 6.07) is 3.77. The van der Waals surface area contributed by atoms with Crippen molar-refractivity contribution in [1.29, 1.82) is 0 Å². The second kappa shape index (κ2) is 6.30. The fourth-order valence-electron chi connectivity index (χ4n) is 4.04. The quantitative estimate of drug-likeness (QED) is 0.886. The van der Waals surface area contributed by atoms with Crippen LogP contribution in [0.4, 0.5) is 0 Å². The molecule has 3 N–H and O–H groups in total. The van der Waals surface area contributed by atoms with Gasteiger partial charge >= 0.3 is 0 Å². The summed E-state index contributed by atoms with van der Waals surface area (Å²) in [7, 11) is 1.78. The summed E-state index contributed by atoms with van der Waals surface area (Å²) in [5, 5.41) is 3.50. The van der Waals surface area contributed by atoms with Crippen molar-refractivity contribution in [2.24, 2.45) is 17.6 Å². The van der Waals surface area contributed by atoms with Gasteiger partial charge in [0.1, 0.15) is 11.3 Å². The lowest BCUT2D eigenvalue weighted by Crippen LogP contribution is -2.57. The molecule has 0 radical (unpaired) electrons. The molecule has 1 aromatic rings. The van der Waals surface area contributed by atoms with Crippen molar-refractivity contribution < 1.29 is 9.53 Å². The van der Waals surface area contributed by atoms with Crippen LogP contribution in [0, 0.1) is 11.8 Å². The highest BCUT2D eigenvalue weighted by molar-refractivity contribution is 5.90. The molecule has 1 aliphatic carbocycles. The summed E-state index contributed by atoms with van der Waals surface area (Å²) in [6.07, 6.45) is 5.20. The Labute approximate surface area is 131 Å². The first-order valence-electron chi connectivity index (χ1n) is 7.20. The van der Waals surface area contributed by atoms with Crippen LogP contribution in [0.3, 0.4) is 0 Å². The molecule has 3 atom stereocenters. The largest absolute Gasteiger partial charge is 0.373 e. The third-order valence-electron chi connectivity index (χ3n) is 4.90. The minimum atomic E-state index is -0.489. The van der Waals surface area contributed by atoms with Gasteiger partial charge in [-0.15, -0.1) is 12.4 Å². The summed E-state index contributed by atoms with van der Waals surface area (Å²) in [5.74, 6) is 0.378. The molecular formula is C15H22ClN3O2. The zero-order valence-corrected chi connectivity index (χ0v) is 13.0. The Balaban J connectivity index is 0.00000161. The molecule has 0 aromatic carbocycles. The SMILES string of the molecule is CO[C@@]1(c2ccnc(C(N)=O)c2)[C@@H]2CCC[C@H]1CNC2.Cl. The van der Waals surface area contributed by atoms with E-state index in [4.69, 9.17) is 10.5 Å². The van der Waals surface area contributed by atoms with Gasteiger partial charge in [-0.3, -0.25) is 9.78 Å². The lowest BCUT2D eigenvalue weighted by atomic mass is 9.63. The van der Waals surface area contributed by atoms with E-state index < -0.39 is 5.91 Å². The Bertz CT molecular complexity index is 501. The molecule has 2 aliphatic rings. The fraction of sp³-hybridized carbons (Fsp3) is 0.600. The fourth-order valence-corrected chi connectivity index (χ4v) is 4.04. The third kappa shape index (κ3) is 2.54. The van der Waals surface area contributed by atoms with Crippen molar-refractivity contribution in [3.8, 4) is 0 Å². The van der Waals surface area contributed by atoms with Crippen molar-refractivity contribution in [1.82, 2.24) is 10.3 Å². The van der Waals surface area contributed by atoms with Gasteiger partial charge in [0.15, 0.2) is 0 Å². The zero-order chi connectivity index (χ0) is 14.2. The molecule has 1 saturated heterocycles. The molecule has 2 heterocycles. The van der Waals surface area contributed by atoms with E-state index >= 15 is 0 Å². The number of rotatable bonds is 3. The molecule has 5 nitrogen and oxygen atoms in total. The van der Waals surface area contributed by atoms with Gasteiger partial charge in [0.25, 0.3) is 5.91 Å². The number of hydrogen-bond donors (Lipinski definition) is 2. The topological polar surface area (TPSA) is 77.2 Å². The van der Waals surface area contributed by atoms with Crippen LogP contribution in [0.5, 0.6) is 0 Å². The number of nitrogens with zero attached hydrogens (tertiary/aromatic N) is 1. The zero-order valence-electron chi connectivity index (χ0n) is 12.2. The third-order valence-corrected chi connectivity index (χ3v) is 4.90. The predicted molar refractivity (Wildman–Crippen MR) is 82.4 cm³/mol. The van der Waals surface area contributed by atoms with Gasteiger partial charge in [-0.25, -0.2) is 0 Å². The van der Waals surface area contributed by atoms with Crippen LogP contribution in [-0.2, 0) is 10.3 Å². The van der Waals surface area contributed by atoms with Crippen molar-refractivity contribution >= 4 is 18.3 Å². The van der Waals surface area contributed by atoms with Crippen molar-refractivity contribution in [2.45, 2.75) is 24.9 Å². The van der Waals surface area contributed by atoms with Gasteiger partial charge in [-0.1, -0.05) is 6.42 Å². The average molecular weight is 312 g/mol. The molecule has 0 unspecified atom stereocenters. The molecular weight excluding hydrogens is 290 g/mol. The van der Waals surface area contributed by atoms with E-state index in [2.05, 4.69) is 10.3 Å². The molecule has 1 amide bonds. The summed E-state index contributed by atoms with van der Waals surface area (Å²) in [5.41, 5.74) is 6.41. The molecule has 6 heteroatoms. The Kier molecular flexibility index (Phi) is 4.86. The minimum absolute atomic E-state index is 0. The lowest BCUT2D eigenvalue weighted by Gasteiger charge is -2.52. The number of amides is 1. The van der Waals surface area contributed by atoms with Crippen molar-refractivity contribution in [2.75, 3.05) is 20.2 Å². The molecule has 116 valence electrons. The Morgan fingerprint density at radius 1 is 1.43 bits per heavy atom. The Morgan fingerprint density at radius 2 is 2.10 bits per heavy atom. The average Bonchev–Trinajstić information content (AvgIpc) is 2.46. The highest BCUT2D eigenvalue weighted by Crippen LogP contribution is 2.49. The Hall–Kier alpha value is -1.17. The number of carbonyl (C=O) groups is 1. The van der Waals surface area contributed by atoms with Crippen LogP contribution in [0.15, 0.2) is 18.3 Å². The number of methoxy groups -OCH3 is 1. The molecule has 1 aliphatic heterocycles. The van der Waals surface area contributed by atoms with Gasteiger partial charge < -0.3 is 15.8 Å². The highest BCUT2D eigenvalue weighted by Gasteiger charge is 2.51. The van der Waals surface area contributed by atoms with E-state index in [0.29, 0.717) is 17.5 Å². The maximum absolute atomic E-state index is 11.4. The number of ether oxygens (including phenoxy) is 1. The second-order valence-corrected chi connectivity index (χ2v) is 5.77. The smallest absolute Gasteiger partial charge is 0.267 e. The minimum Gasteiger partial charge on any atom is -0.373 e. The van der Waals surface area contributed by atoms with Gasteiger partial charge in [0, 0.05) is 38.2 Å². The van der Waals surface area contributed by atoms with Gasteiger partial charge in [-0.2, -0.15) is 0 Å². The molecule has 2 fully saturated rings. The number of piperidine rings is 1. The molecule has 21 heavy (non-hydrogen) atoms. The predicted octanol–water partition coefficient (Wildman–Crippen LogP) is 1.46. The van der Waals surface area contributed by atoms with Crippen LogP contribution >= 0.6 is 12.4 Å². The van der Waals surface area contributed by atoms with E-state index in [0.717, 1.165) is 31.5 Å². The maximum atomic E-state index is 11.4. The molecule has 1 aromatic heterocycles. The van der Waals surface area contributed by atoms with E-state index in [9.17, 15) is 4.79 Å². The maximum Gasteiger partial charge on any atom is 0.267 e. The highest BCUT2D eigenvalue weighted by atomic mass is 35.5. The summed E-state index contributed by atoms with van der Waals surface area (Å²) >= 11 is 0. The first kappa shape index (κ1) is 16.2. The summed E-state index contributed by atoms with van der Waals surface area (Å²) in [6.45, 7) is 1.91. The van der Waals surface area contributed by atoms with Crippen LogP contribution < -0.4 is 11.1 Å². The number of pyridine rings is 1. The molecule has 0 spiro atoms. The van der Waals surface area contributed by atoms with E-state index in [1.165, 1.54) is 6.42 Å². The first-order chi connectivity index (χ1) is 9.68. The molecule has 3 rings (SSSR count). The monoisotopic (exact) mass is 311 g/mol. The number of halogens is 1. The number of primary amides is 1. The number of hydrogen-bond acceptors (Lipinski definition) is 4. The number of nitrogens with one attached hydrogen (secondary N) is 1. The van der Waals surface area contributed by atoms with Crippen LogP contribution in [0.25, 0.3) is 0 Å². The molecule has 2 bridgehead atoms. The number of aromatic nitrogens is 1. The van der Waals surface area contributed by atoms with Crippen molar-refractivity contribution in [3.63, 3.8) is 0 Å².